The highest BCUT2D eigenvalue weighted by Gasteiger charge is 2.14. The zero-order valence-corrected chi connectivity index (χ0v) is 9.24. The molecule has 0 unspecified atom stereocenters. The number of Topliss-reactive ketones (excluding diaryl/α,β-unsaturated/α-hetero) is 1. The van der Waals surface area contributed by atoms with Crippen LogP contribution in [0.1, 0.15) is 22.3 Å². The first kappa shape index (κ1) is 12.2. The quantitative estimate of drug-likeness (QED) is 0.342. The molecule has 5 nitrogen and oxygen atoms in total. The Morgan fingerprint density at radius 1 is 1.44 bits per heavy atom. The van der Waals surface area contributed by atoms with E-state index in [9.17, 15) is 9.59 Å². The lowest BCUT2D eigenvalue weighted by atomic mass is 10.0. The second kappa shape index (κ2) is 5.27. The Kier molecular flexibility index (Phi) is 4.02. The van der Waals surface area contributed by atoms with Gasteiger partial charge in [-0.2, -0.15) is 0 Å². The maximum Gasteiger partial charge on any atom is 0.251 e. The minimum Gasteiger partial charge on any atom is -0.398 e. The van der Waals surface area contributed by atoms with Crippen LogP contribution in [-0.2, 0) is 9.63 Å². The van der Waals surface area contributed by atoms with Crippen LogP contribution >= 0.6 is 0 Å². The Morgan fingerprint density at radius 3 is 2.75 bits per heavy atom. The number of amides is 1. The summed E-state index contributed by atoms with van der Waals surface area (Å²) in [7, 11) is 1.31. The molecule has 0 heterocycles. The largest absolute Gasteiger partial charge is 0.398 e. The average molecular weight is 222 g/mol. The van der Waals surface area contributed by atoms with Crippen molar-refractivity contribution in [3.8, 4) is 0 Å². The van der Waals surface area contributed by atoms with Crippen LogP contribution in [0.4, 0.5) is 5.69 Å². The zero-order valence-electron chi connectivity index (χ0n) is 9.24. The van der Waals surface area contributed by atoms with Crippen molar-refractivity contribution in [3.63, 3.8) is 0 Å². The fourth-order valence-corrected chi connectivity index (χ4v) is 1.30. The molecule has 0 saturated carbocycles. The van der Waals surface area contributed by atoms with E-state index in [4.69, 9.17) is 5.73 Å². The van der Waals surface area contributed by atoms with Crippen molar-refractivity contribution in [2.75, 3.05) is 12.8 Å². The van der Waals surface area contributed by atoms with E-state index >= 15 is 0 Å². The van der Waals surface area contributed by atoms with Crippen molar-refractivity contribution in [1.29, 1.82) is 0 Å². The SMILES string of the molecule is CONC(=O)CC(=O)c1cc(C)ccc1N. The van der Waals surface area contributed by atoms with E-state index in [1.165, 1.54) is 7.11 Å². The predicted molar refractivity (Wildman–Crippen MR) is 59.7 cm³/mol. The predicted octanol–water partition coefficient (Wildman–Crippen LogP) is 0.828. The van der Waals surface area contributed by atoms with Gasteiger partial charge < -0.3 is 5.73 Å². The molecule has 16 heavy (non-hydrogen) atoms. The Hall–Kier alpha value is -1.88. The fourth-order valence-electron chi connectivity index (χ4n) is 1.30. The molecule has 0 aliphatic carbocycles. The number of nitrogen functional groups attached to an aromatic ring is 1. The number of aryl methyl sites for hydroxylation is 1. The molecule has 0 aliphatic heterocycles. The van der Waals surface area contributed by atoms with E-state index < -0.39 is 5.91 Å². The van der Waals surface area contributed by atoms with Crippen molar-refractivity contribution in [1.82, 2.24) is 5.48 Å². The highest BCUT2D eigenvalue weighted by Crippen LogP contribution is 2.15. The van der Waals surface area contributed by atoms with Crippen LogP contribution in [-0.4, -0.2) is 18.8 Å². The van der Waals surface area contributed by atoms with Crippen LogP contribution in [0.5, 0.6) is 0 Å². The number of rotatable bonds is 4. The monoisotopic (exact) mass is 222 g/mol. The van der Waals surface area contributed by atoms with Crippen LogP contribution in [0.15, 0.2) is 18.2 Å². The molecule has 1 aromatic carbocycles. The Bertz CT molecular complexity index is 416. The summed E-state index contributed by atoms with van der Waals surface area (Å²) in [6.45, 7) is 1.85. The van der Waals surface area contributed by atoms with Gasteiger partial charge in [0.15, 0.2) is 5.78 Å². The minimum atomic E-state index is -0.492. The minimum absolute atomic E-state index is 0.276. The zero-order chi connectivity index (χ0) is 12.1. The Morgan fingerprint density at radius 2 is 2.12 bits per heavy atom. The van der Waals surface area contributed by atoms with Crippen LogP contribution in [0.3, 0.4) is 0 Å². The van der Waals surface area contributed by atoms with Gasteiger partial charge in [-0.15, -0.1) is 0 Å². The number of nitrogens with two attached hydrogens (primary N) is 1. The first-order valence-electron chi connectivity index (χ1n) is 4.75. The van der Waals surface area contributed by atoms with Crippen molar-refractivity contribution in [3.05, 3.63) is 29.3 Å². The van der Waals surface area contributed by atoms with E-state index in [0.29, 0.717) is 11.3 Å². The topological polar surface area (TPSA) is 81.4 Å². The maximum absolute atomic E-state index is 11.7. The van der Waals surface area contributed by atoms with Gasteiger partial charge in [-0.3, -0.25) is 14.4 Å². The van der Waals surface area contributed by atoms with Crippen LogP contribution < -0.4 is 11.2 Å². The number of hydrogen-bond acceptors (Lipinski definition) is 4. The summed E-state index contributed by atoms with van der Waals surface area (Å²) in [6, 6.07) is 5.12. The lowest BCUT2D eigenvalue weighted by Crippen LogP contribution is -2.24. The Balaban J connectivity index is 2.80. The third-order valence-electron chi connectivity index (χ3n) is 2.05. The van der Waals surface area contributed by atoms with Crippen molar-refractivity contribution >= 4 is 17.4 Å². The number of ketones is 1. The average Bonchev–Trinajstić information content (AvgIpc) is 2.21. The number of hydrogen-bond donors (Lipinski definition) is 2. The van der Waals surface area contributed by atoms with E-state index in [1.54, 1.807) is 18.2 Å². The van der Waals surface area contributed by atoms with Gasteiger partial charge in [0.1, 0.15) is 0 Å². The van der Waals surface area contributed by atoms with E-state index in [0.717, 1.165) is 5.56 Å². The molecule has 0 atom stereocenters. The third-order valence-corrected chi connectivity index (χ3v) is 2.05. The molecule has 1 aromatic rings. The number of anilines is 1. The third kappa shape index (κ3) is 3.06. The van der Waals surface area contributed by atoms with Gasteiger partial charge in [0.2, 0.25) is 0 Å². The van der Waals surface area contributed by atoms with Crippen LogP contribution in [0, 0.1) is 6.92 Å². The van der Waals surface area contributed by atoms with Crippen molar-refractivity contribution < 1.29 is 14.4 Å². The van der Waals surface area contributed by atoms with E-state index in [2.05, 4.69) is 10.3 Å². The van der Waals surface area contributed by atoms with Gasteiger partial charge in [-0.05, 0) is 19.1 Å². The highest BCUT2D eigenvalue weighted by molar-refractivity contribution is 6.09. The summed E-state index contributed by atoms with van der Waals surface area (Å²) in [6.07, 6.45) is -0.276. The molecule has 0 radical (unpaired) electrons. The van der Waals surface area contributed by atoms with Crippen molar-refractivity contribution in [2.24, 2.45) is 0 Å². The molecule has 5 heteroatoms. The molecule has 0 fully saturated rings. The number of hydroxylamine groups is 1. The summed E-state index contributed by atoms with van der Waals surface area (Å²) >= 11 is 0. The van der Waals surface area contributed by atoms with Crippen LogP contribution in [0.25, 0.3) is 0 Å². The normalized spacial score (nSPS) is 9.88. The molecular formula is C11H14N2O3. The standard InChI is InChI=1S/C11H14N2O3/c1-7-3-4-9(12)8(5-7)10(14)6-11(15)13-16-2/h3-5H,6,12H2,1-2H3,(H,13,15). The molecule has 0 bridgehead atoms. The second-order valence-corrected chi connectivity index (χ2v) is 3.42. The molecule has 0 aliphatic rings. The van der Waals surface area contributed by atoms with E-state index in [1.807, 2.05) is 6.92 Å². The Labute approximate surface area is 93.5 Å². The van der Waals surface area contributed by atoms with Gasteiger partial charge in [-0.1, -0.05) is 11.6 Å². The summed E-state index contributed by atoms with van der Waals surface area (Å²) in [5, 5.41) is 0. The van der Waals surface area contributed by atoms with Gasteiger partial charge >= 0.3 is 0 Å². The lowest BCUT2D eigenvalue weighted by Gasteiger charge is -2.05. The first-order valence-corrected chi connectivity index (χ1v) is 4.75. The van der Waals surface area contributed by atoms with Gasteiger partial charge in [0.05, 0.1) is 13.5 Å². The van der Waals surface area contributed by atoms with Gasteiger partial charge in [0.25, 0.3) is 5.91 Å². The molecule has 0 spiro atoms. The molecule has 86 valence electrons. The molecule has 1 rings (SSSR count). The van der Waals surface area contributed by atoms with Gasteiger partial charge in [0, 0.05) is 11.3 Å². The van der Waals surface area contributed by atoms with Gasteiger partial charge in [-0.25, -0.2) is 5.48 Å². The molecule has 1 amide bonds. The van der Waals surface area contributed by atoms with E-state index in [-0.39, 0.29) is 12.2 Å². The number of carbonyl (C=O) groups is 2. The lowest BCUT2D eigenvalue weighted by molar-refractivity contribution is -0.130. The van der Waals surface area contributed by atoms with Crippen molar-refractivity contribution in [2.45, 2.75) is 13.3 Å². The summed E-state index contributed by atoms with van der Waals surface area (Å²) in [4.78, 5) is 27.2. The summed E-state index contributed by atoms with van der Waals surface area (Å²) < 4.78 is 0. The number of benzene rings is 1. The smallest absolute Gasteiger partial charge is 0.251 e. The molecule has 0 aromatic heterocycles. The summed E-state index contributed by atoms with van der Waals surface area (Å²) in [5.41, 5.74) is 9.40. The number of nitrogens with one attached hydrogen (secondary N) is 1. The highest BCUT2D eigenvalue weighted by atomic mass is 16.6. The first-order chi connectivity index (χ1) is 7.54. The number of carbonyl (C=O) groups excluding carboxylic acids is 2. The summed E-state index contributed by atoms with van der Waals surface area (Å²) in [5.74, 6) is -0.816. The van der Waals surface area contributed by atoms with Crippen LogP contribution in [0.2, 0.25) is 0 Å². The fraction of sp³-hybridized carbons (Fsp3) is 0.273. The molecule has 3 N–H and O–H groups in total. The maximum atomic E-state index is 11.7. The molecule has 0 saturated heterocycles. The second-order valence-electron chi connectivity index (χ2n) is 3.42. The molecular weight excluding hydrogens is 208 g/mol.